The van der Waals surface area contributed by atoms with Crippen LogP contribution in [0.2, 0.25) is 0 Å². The molecule has 3 aromatic rings. The van der Waals surface area contributed by atoms with Crippen LogP contribution >= 0.6 is 0 Å². The fourth-order valence-electron chi connectivity index (χ4n) is 3.38. The molecule has 1 aromatic heterocycles. The minimum absolute atomic E-state index is 0.128. The summed E-state index contributed by atoms with van der Waals surface area (Å²) in [5, 5.41) is 0. The third kappa shape index (κ3) is 5.10. The highest BCUT2D eigenvalue weighted by atomic mass is 19.1. The Balaban J connectivity index is 1.48. The van der Waals surface area contributed by atoms with E-state index in [9.17, 15) is 9.18 Å². The van der Waals surface area contributed by atoms with Gasteiger partial charge in [0.25, 0.3) is 5.91 Å². The van der Waals surface area contributed by atoms with E-state index in [4.69, 9.17) is 20.9 Å². The first-order chi connectivity index (χ1) is 15.0. The number of amides is 1. The molecular formula is C23H23FN4O3. The number of aromatic nitrogens is 1. The van der Waals surface area contributed by atoms with E-state index in [2.05, 4.69) is 9.88 Å². The van der Waals surface area contributed by atoms with E-state index < -0.39 is 5.91 Å². The minimum atomic E-state index is -0.621. The number of carbonyl (C=O) groups excluding carboxylic acids is 1. The first-order valence-corrected chi connectivity index (χ1v) is 9.99. The number of carbonyl (C=O) groups is 1. The Morgan fingerprint density at radius 1 is 1.00 bits per heavy atom. The summed E-state index contributed by atoms with van der Waals surface area (Å²) in [5.74, 6) is 0.491. The fraction of sp³-hybridized carbons (Fsp3) is 0.217. The first kappa shape index (κ1) is 20.6. The van der Waals surface area contributed by atoms with Crippen molar-refractivity contribution in [2.75, 3.05) is 18.0 Å². The van der Waals surface area contributed by atoms with Gasteiger partial charge in [0.2, 0.25) is 5.88 Å². The van der Waals surface area contributed by atoms with E-state index in [-0.39, 0.29) is 23.3 Å². The molecule has 0 unspecified atom stereocenters. The predicted molar refractivity (Wildman–Crippen MR) is 115 cm³/mol. The van der Waals surface area contributed by atoms with E-state index in [1.807, 2.05) is 0 Å². The molecule has 2 aromatic carbocycles. The van der Waals surface area contributed by atoms with E-state index in [1.54, 1.807) is 48.7 Å². The van der Waals surface area contributed by atoms with Gasteiger partial charge < -0.3 is 25.8 Å². The monoisotopic (exact) mass is 422 g/mol. The summed E-state index contributed by atoms with van der Waals surface area (Å²) in [6, 6.07) is 14.5. The molecule has 1 fully saturated rings. The molecule has 1 aliphatic heterocycles. The number of nitrogens with zero attached hydrogens (tertiary/aromatic N) is 2. The van der Waals surface area contributed by atoms with Crippen molar-refractivity contribution in [2.45, 2.75) is 18.9 Å². The highest BCUT2D eigenvalue weighted by molar-refractivity contribution is 5.96. The maximum atomic E-state index is 13.3. The number of hydrogen-bond donors (Lipinski definition) is 2. The number of benzene rings is 2. The van der Waals surface area contributed by atoms with Gasteiger partial charge in [-0.1, -0.05) is 6.07 Å². The summed E-state index contributed by atoms with van der Waals surface area (Å²) in [5.41, 5.74) is 12.5. The van der Waals surface area contributed by atoms with Gasteiger partial charge in [-0.05, 0) is 55.3 Å². The van der Waals surface area contributed by atoms with Gasteiger partial charge in [-0.2, -0.15) is 0 Å². The Labute approximate surface area is 179 Å². The zero-order valence-electron chi connectivity index (χ0n) is 16.8. The Hall–Kier alpha value is -3.65. The molecule has 1 aliphatic rings. The summed E-state index contributed by atoms with van der Waals surface area (Å²) in [4.78, 5) is 18.4. The number of anilines is 1. The Bertz CT molecular complexity index is 1070. The van der Waals surface area contributed by atoms with Crippen molar-refractivity contribution in [1.82, 2.24) is 4.98 Å². The second-order valence-corrected chi connectivity index (χ2v) is 7.37. The lowest BCUT2D eigenvalue weighted by atomic mass is 10.1. The molecule has 1 amide bonds. The Morgan fingerprint density at radius 2 is 1.68 bits per heavy atom. The quantitative estimate of drug-likeness (QED) is 0.626. The van der Waals surface area contributed by atoms with Gasteiger partial charge in [0.1, 0.15) is 28.6 Å². The minimum Gasteiger partial charge on any atom is -0.457 e. The second-order valence-electron chi connectivity index (χ2n) is 7.37. The molecule has 0 aliphatic carbocycles. The second kappa shape index (κ2) is 9.01. The van der Waals surface area contributed by atoms with Gasteiger partial charge in [0.05, 0.1) is 11.9 Å². The standard InChI is InChI=1S/C23H23FN4O3/c24-15-2-1-3-20(12-15)30-18-4-6-19(7-5-18)31-23-21(22(26)29)13-17(14-27-23)28-10-8-16(25)9-11-28/h1-7,12-14,16H,8-11,25H2,(H2,26,29). The topological polar surface area (TPSA) is 104 Å². The third-order valence-corrected chi connectivity index (χ3v) is 5.08. The van der Waals surface area contributed by atoms with E-state index in [0.29, 0.717) is 17.2 Å². The maximum Gasteiger partial charge on any atom is 0.254 e. The zero-order valence-corrected chi connectivity index (χ0v) is 16.8. The molecule has 160 valence electrons. The highest BCUT2D eigenvalue weighted by Crippen LogP contribution is 2.30. The Morgan fingerprint density at radius 3 is 2.32 bits per heavy atom. The van der Waals surface area contributed by atoms with Gasteiger partial charge >= 0.3 is 0 Å². The fourth-order valence-corrected chi connectivity index (χ4v) is 3.38. The molecule has 0 spiro atoms. The van der Waals surface area contributed by atoms with Crippen LogP contribution in [0.4, 0.5) is 10.1 Å². The lowest BCUT2D eigenvalue weighted by molar-refractivity contribution is 0.0997. The predicted octanol–water partition coefficient (Wildman–Crippen LogP) is 3.83. The molecular weight excluding hydrogens is 399 g/mol. The molecule has 4 N–H and O–H groups in total. The van der Waals surface area contributed by atoms with Crippen LogP contribution in [0.25, 0.3) is 0 Å². The van der Waals surface area contributed by atoms with Crippen LogP contribution in [0.3, 0.4) is 0 Å². The van der Waals surface area contributed by atoms with Crippen LogP contribution in [0, 0.1) is 5.82 Å². The van der Waals surface area contributed by atoms with Crippen LogP contribution in [0.5, 0.6) is 23.1 Å². The number of primary amides is 1. The molecule has 1 saturated heterocycles. The normalized spacial score (nSPS) is 14.3. The number of nitrogens with two attached hydrogens (primary N) is 2. The van der Waals surface area contributed by atoms with Gasteiger partial charge in [-0.25, -0.2) is 9.37 Å². The van der Waals surface area contributed by atoms with E-state index in [0.717, 1.165) is 31.6 Å². The average Bonchev–Trinajstić information content (AvgIpc) is 2.76. The number of piperidine rings is 1. The van der Waals surface area contributed by atoms with Crippen molar-refractivity contribution in [1.29, 1.82) is 0 Å². The molecule has 8 heteroatoms. The van der Waals surface area contributed by atoms with Gasteiger partial charge in [-0.3, -0.25) is 4.79 Å². The van der Waals surface area contributed by atoms with Gasteiger partial charge in [0, 0.05) is 25.2 Å². The highest BCUT2D eigenvalue weighted by Gasteiger charge is 2.20. The van der Waals surface area contributed by atoms with Gasteiger partial charge in [-0.15, -0.1) is 0 Å². The zero-order chi connectivity index (χ0) is 21.8. The first-order valence-electron chi connectivity index (χ1n) is 9.99. The lowest BCUT2D eigenvalue weighted by Gasteiger charge is -2.32. The Kier molecular flexibility index (Phi) is 5.99. The average molecular weight is 422 g/mol. The van der Waals surface area contributed by atoms with E-state index in [1.165, 1.54) is 12.1 Å². The van der Waals surface area contributed by atoms with Crippen LogP contribution in [0.1, 0.15) is 23.2 Å². The van der Waals surface area contributed by atoms with Crippen molar-refractivity contribution < 1.29 is 18.7 Å². The van der Waals surface area contributed by atoms with Gasteiger partial charge in [0.15, 0.2) is 0 Å². The summed E-state index contributed by atoms with van der Waals surface area (Å²) in [6.45, 7) is 1.60. The van der Waals surface area contributed by atoms with E-state index >= 15 is 0 Å². The molecule has 4 rings (SSSR count). The number of halogens is 1. The summed E-state index contributed by atoms with van der Waals surface area (Å²) in [7, 11) is 0. The number of hydrogen-bond acceptors (Lipinski definition) is 6. The van der Waals surface area contributed by atoms with Crippen LogP contribution in [-0.2, 0) is 0 Å². The summed E-state index contributed by atoms with van der Waals surface area (Å²) in [6.07, 6.45) is 3.43. The van der Waals surface area contributed by atoms with Crippen LogP contribution in [-0.4, -0.2) is 30.0 Å². The number of pyridine rings is 1. The molecule has 0 atom stereocenters. The van der Waals surface area contributed by atoms with Crippen LogP contribution in [0.15, 0.2) is 60.8 Å². The molecule has 0 bridgehead atoms. The van der Waals surface area contributed by atoms with Crippen molar-refractivity contribution >= 4 is 11.6 Å². The maximum absolute atomic E-state index is 13.3. The molecule has 2 heterocycles. The molecule has 7 nitrogen and oxygen atoms in total. The summed E-state index contributed by atoms with van der Waals surface area (Å²) >= 11 is 0. The van der Waals surface area contributed by atoms with Crippen molar-refractivity contribution in [3.8, 4) is 23.1 Å². The molecule has 0 radical (unpaired) electrons. The number of ether oxygens (including phenoxy) is 2. The third-order valence-electron chi connectivity index (χ3n) is 5.08. The van der Waals surface area contributed by atoms with Crippen molar-refractivity contribution in [2.24, 2.45) is 11.5 Å². The molecule has 0 saturated carbocycles. The summed E-state index contributed by atoms with van der Waals surface area (Å²) < 4.78 is 24.7. The van der Waals surface area contributed by atoms with Crippen molar-refractivity contribution in [3.63, 3.8) is 0 Å². The smallest absolute Gasteiger partial charge is 0.254 e. The molecule has 31 heavy (non-hydrogen) atoms. The lowest BCUT2D eigenvalue weighted by Crippen LogP contribution is -2.39. The number of rotatable bonds is 6. The van der Waals surface area contributed by atoms with Crippen molar-refractivity contribution in [3.05, 3.63) is 72.2 Å². The van der Waals surface area contributed by atoms with Crippen LogP contribution < -0.4 is 25.8 Å². The SMILES string of the molecule is NC(=O)c1cc(N2CCC(N)CC2)cnc1Oc1ccc(Oc2cccc(F)c2)cc1. The largest absolute Gasteiger partial charge is 0.457 e.